The van der Waals surface area contributed by atoms with Crippen LogP contribution in [0.2, 0.25) is 0 Å². The Kier molecular flexibility index (Phi) is 4.68. The molecule has 2 rings (SSSR count). The van der Waals surface area contributed by atoms with Crippen LogP contribution in [0, 0.1) is 0 Å². The fourth-order valence-corrected chi connectivity index (χ4v) is 1.11. The van der Waals surface area contributed by atoms with Gasteiger partial charge in [-0.15, -0.1) is 20.4 Å². The largest absolute Gasteiger partial charge is 1.00 e. The molecule has 7 heteroatoms. The van der Waals surface area contributed by atoms with Crippen LogP contribution in [0.3, 0.4) is 0 Å². The second-order valence-corrected chi connectivity index (χ2v) is 2.96. The SMILES string of the molecule is [Cl-].[NH3+]CCc1nnc(-c2ccccn2)nn1. The minimum atomic E-state index is 0. The summed E-state index contributed by atoms with van der Waals surface area (Å²) < 4.78 is 0. The van der Waals surface area contributed by atoms with Crippen molar-refractivity contribution in [2.75, 3.05) is 6.54 Å². The first kappa shape index (κ1) is 12.4. The van der Waals surface area contributed by atoms with Crippen molar-refractivity contribution in [3.63, 3.8) is 0 Å². The second-order valence-electron chi connectivity index (χ2n) is 2.96. The summed E-state index contributed by atoms with van der Waals surface area (Å²) >= 11 is 0. The van der Waals surface area contributed by atoms with Crippen molar-refractivity contribution in [3.8, 4) is 11.5 Å². The van der Waals surface area contributed by atoms with E-state index in [1.165, 1.54) is 0 Å². The lowest BCUT2D eigenvalue weighted by Crippen LogP contribution is -3.00. The fraction of sp³-hybridized carbons (Fsp3) is 0.222. The number of pyridine rings is 1. The molecule has 0 aliphatic rings. The van der Waals surface area contributed by atoms with E-state index in [-0.39, 0.29) is 12.4 Å². The van der Waals surface area contributed by atoms with E-state index < -0.39 is 0 Å². The number of quaternary nitrogens is 1. The Bertz CT molecular complexity index is 418. The summed E-state index contributed by atoms with van der Waals surface area (Å²) in [6, 6.07) is 5.52. The molecule has 0 bridgehead atoms. The van der Waals surface area contributed by atoms with Crippen molar-refractivity contribution in [1.82, 2.24) is 25.4 Å². The molecular weight excluding hydrogens is 228 g/mol. The lowest BCUT2D eigenvalue weighted by Gasteiger charge is -1.97. The van der Waals surface area contributed by atoms with Crippen LogP contribution in [0.4, 0.5) is 0 Å². The Balaban J connectivity index is 0.00000128. The minimum Gasteiger partial charge on any atom is -1.00 e. The third-order valence-corrected chi connectivity index (χ3v) is 1.81. The van der Waals surface area contributed by atoms with Crippen LogP contribution < -0.4 is 18.1 Å². The average Bonchev–Trinajstić information content (AvgIpc) is 2.32. The summed E-state index contributed by atoms with van der Waals surface area (Å²) in [6.07, 6.45) is 2.38. The Morgan fingerprint density at radius 1 is 1.06 bits per heavy atom. The van der Waals surface area contributed by atoms with E-state index in [1.807, 2.05) is 18.2 Å². The third kappa shape index (κ3) is 2.91. The minimum absolute atomic E-state index is 0. The predicted octanol–water partition coefficient (Wildman–Crippen LogP) is -3.88. The number of hydrogen-bond donors (Lipinski definition) is 1. The van der Waals surface area contributed by atoms with E-state index in [2.05, 4.69) is 31.1 Å². The topological polar surface area (TPSA) is 92.1 Å². The van der Waals surface area contributed by atoms with Crippen LogP contribution in [0.1, 0.15) is 5.82 Å². The van der Waals surface area contributed by atoms with Gasteiger partial charge in [-0.3, -0.25) is 4.98 Å². The molecule has 0 fully saturated rings. The van der Waals surface area contributed by atoms with Crippen molar-refractivity contribution in [2.24, 2.45) is 0 Å². The zero-order valence-corrected chi connectivity index (χ0v) is 9.30. The molecule has 2 aromatic heterocycles. The van der Waals surface area contributed by atoms with E-state index in [1.54, 1.807) is 6.20 Å². The number of nitrogens with zero attached hydrogens (tertiary/aromatic N) is 5. The molecule has 0 radical (unpaired) electrons. The van der Waals surface area contributed by atoms with Gasteiger partial charge in [-0.2, -0.15) is 0 Å². The lowest BCUT2D eigenvalue weighted by atomic mass is 10.3. The highest BCUT2D eigenvalue weighted by atomic mass is 35.5. The maximum atomic E-state index is 4.11. The Morgan fingerprint density at radius 3 is 2.38 bits per heavy atom. The maximum absolute atomic E-state index is 4.11. The van der Waals surface area contributed by atoms with Gasteiger partial charge in [0.15, 0.2) is 5.82 Å². The highest BCUT2D eigenvalue weighted by molar-refractivity contribution is 5.46. The van der Waals surface area contributed by atoms with Gasteiger partial charge in [0.05, 0.1) is 13.0 Å². The van der Waals surface area contributed by atoms with Gasteiger partial charge in [0.1, 0.15) is 5.69 Å². The molecule has 0 saturated carbocycles. The summed E-state index contributed by atoms with van der Waals surface area (Å²) in [7, 11) is 0. The summed E-state index contributed by atoms with van der Waals surface area (Å²) in [5.74, 6) is 1.06. The van der Waals surface area contributed by atoms with Gasteiger partial charge < -0.3 is 18.1 Å². The number of rotatable bonds is 3. The van der Waals surface area contributed by atoms with Crippen LogP contribution in [0.5, 0.6) is 0 Å². The van der Waals surface area contributed by atoms with Crippen molar-refractivity contribution in [3.05, 3.63) is 30.2 Å². The van der Waals surface area contributed by atoms with Crippen LogP contribution >= 0.6 is 0 Å². The standard InChI is InChI=1S/C9H10N6.ClH/c10-5-4-8-12-14-9(15-13-8)7-3-1-2-6-11-7;/h1-3,6H,4-5,10H2;1H. The Hall–Kier alpha value is -1.66. The Morgan fingerprint density at radius 2 is 1.81 bits per heavy atom. The monoisotopic (exact) mass is 238 g/mol. The van der Waals surface area contributed by atoms with Crippen molar-refractivity contribution in [2.45, 2.75) is 6.42 Å². The Labute approximate surface area is 98.7 Å². The highest BCUT2D eigenvalue weighted by Gasteiger charge is 2.04. The summed E-state index contributed by atoms with van der Waals surface area (Å²) in [5.41, 5.74) is 4.39. The summed E-state index contributed by atoms with van der Waals surface area (Å²) in [5, 5.41) is 15.8. The normalized spacial score (nSPS) is 9.56. The van der Waals surface area contributed by atoms with Gasteiger partial charge in [-0.25, -0.2) is 0 Å². The molecule has 0 spiro atoms. The molecule has 0 aromatic carbocycles. The lowest BCUT2D eigenvalue weighted by molar-refractivity contribution is -0.366. The molecule has 0 saturated heterocycles. The van der Waals surface area contributed by atoms with E-state index in [0.29, 0.717) is 23.8 Å². The van der Waals surface area contributed by atoms with Crippen molar-refractivity contribution >= 4 is 0 Å². The molecule has 84 valence electrons. The van der Waals surface area contributed by atoms with Gasteiger partial charge in [0.25, 0.3) is 0 Å². The first-order valence-electron chi connectivity index (χ1n) is 4.67. The van der Waals surface area contributed by atoms with Gasteiger partial charge in [-0.05, 0) is 12.1 Å². The average molecular weight is 239 g/mol. The first-order valence-corrected chi connectivity index (χ1v) is 4.67. The summed E-state index contributed by atoms with van der Waals surface area (Å²) in [6.45, 7) is 0.742. The first-order chi connectivity index (χ1) is 7.40. The smallest absolute Gasteiger partial charge is 0.221 e. The molecular formula is C9H11ClN6. The van der Waals surface area contributed by atoms with Crippen LogP contribution in [0.25, 0.3) is 11.5 Å². The van der Waals surface area contributed by atoms with Gasteiger partial charge in [-0.1, -0.05) is 6.07 Å². The van der Waals surface area contributed by atoms with Crippen LogP contribution in [-0.4, -0.2) is 31.9 Å². The third-order valence-electron chi connectivity index (χ3n) is 1.81. The summed E-state index contributed by atoms with van der Waals surface area (Å²) in [4.78, 5) is 4.11. The van der Waals surface area contributed by atoms with E-state index >= 15 is 0 Å². The van der Waals surface area contributed by atoms with E-state index in [0.717, 1.165) is 6.54 Å². The van der Waals surface area contributed by atoms with Gasteiger partial charge in [0, 0.05) is 6.20 Å². The molecule has 2 heterocycles. The molecule has 0 unspecified atom stereocenters. The zero-order chi connectivity index (χ0) is 10.5. The molecule has 0 aliphatic carbocycles. The quantitative estimate of drug-likeness (QED) is 0.591. The maximum Gasteiger partial charge on any atom is 0.221 e. The predicted molar refractivity (Wildman–Crippen MR) is 52.3 cm³/mol. The molecule has 0 atom stereocenters. The zero-order valence-electron chi connectivity index (χ0n) is 8.54. The van der Waals surface area contributed by atoms with Crippen molar-refractivity contribution < 1.29 is 18.1 Å². The second kappa shape index (κ2) is 6.04. The molecule has 0 amide bonds. The fourth-order valence-electron chi connectivity index (χ4n) is 1.11. The number of hydrogen-bond acceptors (Lipinski definition) is 5. The molecule has 0 aliphatic heterocycles. The highest BCUT2D eigenvalue weighted by Crippen LogP contribution is 2.06. The molecule has 6 nitrogen and oxygen atoms in total. The van der Waals surface area contributed by atoms with Gasteiger partial charge in [0.2, 0.25) is 5.82 Å². The van der Waals surface area contributed by atoms with Crippen LogP contribution in [-0.2, 0) is 6.42 Å². The molecule has 3 N–H and O–H groups in total. The number of halogens is 1. The van der Waals surface area contributed by atoms with E-state index in [4.69, 9.17) is 0 Å². The van der Waals surface area contributed by atoms with Crippen molar-refractivity contribution in [1.29, 1.82) is 0 Å². The van der Waals surface area contributed by atoms with Gasteiger partial charge >= 0.3 is 0 Å². The number of aromatic nitrogens is 5. The molecule has 16 heavy (non-hydrogen) atoms. The molecule has 2 aromatic rings. The van der Waals surface area contributed by atoms with Crippen LogP contribution in [0.15, 0.2) is 24.4 Å². The van der Waals surface area contributed by atoms with E-state index in [9.17, 15) is 0 Å².